The third kappa shape index (κ3) is 3.89. The molecule has 8 heteroatoms. The van der Waals surface area contributed by atoms with Crippen molar-refractivity contribution < 1.29 is 9.90 Å². The summed E-state index contributed by atoms with van der Waals surface area (Å²) in [7, 11) is 4.03. The predicted octanol–water partition coefficient (Wildman–Crippen LogP) is 1.56. The molecule has 0 bridgehead atoms. The molecule has 2 rings (SSSR count). The number of rotatable bonds is 7. The van der Waals surface area contributed by atoms with E-state index >= 15 is 0 Å². The predicted molar refractivity (Wildman–Crippen MR) is 90.3 cm³/mol. The highest BCUT2D eigenvalue weighted by Gasteiger charge is 2.37. The first kappa shape index (κ1) is 17.4. The highest BCUT2D eigenvalue weighted by Crippen LogP contribution is 2.21. The van der Waals surface area contributed by atoms with Gasteiger partial charge in [-0.05, 0) is 38.1 Å². The van der Waals surface area contributed by atoms with Crippen LogP contribution in [-0.4, -0.2) is 62.3 Å². The van der Waals surface area contributed by atoms with Gasteiger partial charge in [0, 0.05) is 17.9 Å². The Balaban J connectivity index is 2.26. The third-order valence-corrected chi connectivity index (χ3v) is 4.30. The molecule has 0 fully saturated rings. The van der Waals surface area contributed by atoms with Crippen molar-refractivity contribution in [1.29, 1.82) is 0 Å². The molecule has 0 aliphatic carbocycles. The molecular formula is C15H21N5O2S. The molecule has 0 saturated heterocycles. The lowest BCUT2D eigenvalue weighted by molar-refractivity contribution is -0.146. The number of benzene rings is 1. The Labute approximate surface area is 139 Å². The van der Waals surface area contributed by atoms with Crippen LogP contribution in [-0.2, 0) is 16.9 Å². The van der Waals surface area contributed by atoms with Crippen LogP contribution in [0, 0.1) is 0 Å². The number of carbonyl (C=O) groups is 1. The van der Waals surface area contributed by atoms with E-state index in [4.69, 9.17) is 0 Å². The van der Waals surface area contributed by atoms with E-state index in [1.807, 2.05) is 44.6 Å². The molecule has 0 radical (unpaired) electrons. The molecule has 1 heterocycles. The average Bonchev–Trinajstić information content (AvgIpc) is 2.97. The van der Waals surface area contributed by atoms with Gasteiger partial charge in [0.1, 0.15) is 0 Å². The quantitative estimate of drug-likeness (QED) is 0.822. The molecule has 0 amide bonds. The van der Waals surface area contributed by atoms with Gasteiger partial charge in [-0.25, -0.2) is 4.79 Å². The van der Waals surface area contributed by atoms with E-state index in [2.05, 4.69) is 20.3 Å². The van der Waals surface area contributed by atoms with Crippen molar-refractivity contribution in [2.75, 3.05) is 26.1 Å². The van der Waals surface area contributed by atoms with Crippen molar-refractivity contribution in [2.45, 2.75) is 19.0 Å². The summed E-state index contributed by atoms with van der Waals surface area (Å²) in [5, 5.41) is 21.7. The number of nitrogens with zero attached hydrogens (tertiary/aromatic N) is 5. The number of hydrogen-bond acceptors (Lipinski definition) is 6. The van der Waals surface area contributed by atoms with Crippen LogP contribution in [0.1, 0.15) is 12.5 Å². The zero-order valence-electron chi connectivity index (χ0n) is 13.7. The SMILES string of the molecule is CSCC(C)(C(=O)O)n1nnc(-c2ccc(CN(C)C)cc2)n1. The average molecular weight is 335 g/mol. The largest absolute Gasteiger partial charge is 0.479 e. The lowest BCUT2D eigenvalue weighted by Crippen LogP contribution is -2.43. The van der Waals surface area contributed by atoms with Crippen molar-refractivity contribution in [2.24, 2.45) is 0 Å². The molecule has 1 N–H and O–H groups in total. The summed E-state index contributed by atoms with van der Waals surface area (Å²) in [6.07, 6.45) is 1.85. The highest BCUT2D eigenvalue weighted by molar-refractivity contribution is 7.98. The van der Waals surface area contributed by atoms with Crippen molar-refractivity contribution in [3.63, 3.8) is 0 Å². The first-order valence-electron chi connectivity index (χ1n) is 7.13. The lowest BCUT2D eigenvalue weighted by Gasteiger charge is -2.21. The van der Waals surface area contributed by atoms with Crippen LogP contribution in [0.4, 0.5) is 0 Å². The van der Waals surface area contributed by atoms with Gasteiger partial charge >= 0.3 is 5.97 Å². The standard InChI is InChI=1S/C15H21N5O2S/c1-15(10-23-4,14(21)22)20-17-13(16-18-20)12-7-5-11(6-8-12)9-19(2)3/h5-8H,9-10H2,1-4H3,(H,21,22). The van der Waals surface area contributed by atoms with E-state index in [0.717, 1.165) is 12.1 Å². The fraction of sp³-hybridized carbons (Fsp3) is 0.467. The number of hydrogen-bond donors (Lipinski definition) is 1. The molecule has 1 unspecified atom stereocenters. The molecule has 1 aromatic heterocycles. The van der Waals surface area contributed by atoms with Crippen molar-refractivity contribution in [1.82, 2.24) is 25.1 Å². The Morgan fingerprint density at radius 1 is 1.35 bits per heavy atom. The molecule has 0 spiro atoms. The Morgan fingerprint density at radius 3 is 2.52 bits per heavy atom. The molecular weight excluding hydrogens is 314 g/mol. The van der Waals surface area contributed by atoms with Crippen LogP contribution in [0.2, 0.25) is 0 Å². The third-order valence-electron chi connectivity index (χ3n) is 3.45. The van der Waals surface area contributed by atoms with Crippen molar-refractivity contribution in [3.8, 4) is 11.4 Å². The van der Waals surface area contributed by atoms with Crippen molar-refractivity contribution >= 4 is 17.7 Å². The van der Waals surface area contributed by atoms with E-state index < -0.39 is 11.5 Å². The van der Waals surface area contributed by atoms with Crippen LogP contribution >= 0.6 is 11.8 Å². The van der Waals surface area contributed by atoms with Gasteiger partial charge in [0.2, 0.25) is 5.82 Å². The van der Waals surface area contributed by atoms with Crippen LogP contribution in [0.15, 0.2) is 24.3 Å². The van der Waals surface area contributed by atoms with Crippen molar-refractivity contribution in [3.05, 3.63) is 29.8 Å². The minimum atomic E-state index is -1.21. The second kappa shape index (κ2) is 7.10. The van der Waals surface area contributed by atoms with Gasteiger partial charge in [-0.15, -0.1) is 15.0 Å². The van der Waals surface area contributed by atoms with Crippen LogP contribution in [0.5, 0.6) is 0 Å². The molecule has 0 saturated carbocycles. The van der Waals surface area contributed by atoms with Crippen LogP contribution in [0.3, 0.4) is 0 Å². The first-order chi connectivity index (χ1) is 10.9. The minimum Gasteiger partial charge on any atom is -0.479 e. The van der Waals surface area contributed by atoms with Gasteiger partial charge in [0.15, 0.2) is 5.54 Å². The van der Waals surface area contributed by atoms with Crippen LogP contribution < -0.4 is 0 Å². The molecule has 23 heavy (non-hydrogen) atoms. The van der Waals surface area contributed by atoms with Gasteiger partial charge < -0.3 is 10.0 Å². The Bertz CT molecular complexity index is 671. The lowest BCUT2D eigenvalue weighted by atomic mass is 10.1. The number of carboxylic acids is 1. The van der Waals surface area contributed by atoms with E-state index in [9.17, 15) is 9.90 Å². The maximum atomic E-state index is 11.6. The zero-order valence-corrected chi connectivity index (χ0v) is 14.5. The molecule has 124 valence electrons. The number of tetrazole rings is 1. The summed E-state index contributed by atoms with van der Waals surface area (Å²) < 4.78 is 0. The number of aliphatic carboxylic acids is 1. The van der Waals surface area contributed by atoms with Gasteiger partial charge in [-0.3, -0.25) is 0 Å². The molecule has 7 nitrogen and oxygen atoms in total. The Morgan fingerprint density at radius 2 is 2.00 bits per heavy atom. The fourth-order valence-electron chi connectivity index (χ4n) is 2.15. The summed E-state index contributed by atoms with van der Waals surface area (Å²) in [4.78, 5) is 14.8. The summed E-state index contributed by atoms with van der Waals surface area (Å²) in [6, 6.07) is 7.86. The topological polar surface area (TPSA) is 84.1 Å². The van der Waals surface area contributed by atoms with Gasteiger partial charge in [0.05, 0.1) is 0 Å². The maximum Gasteiger partial charge on any atom is 0.334 e. The van der Waals surface area contributed by atoms with Gasteiger partial charge in [-0.2, -0.15) is 11.8 Å². The van der Waals surface area contributed by atoms with Gasteiger partial charge in [-0.1, -0.05) is 24.3 Å². The smallest absolute Gasteiger partial charge is 0.334 e. The molecule has 2 aromatic rings. The summed E-state index contributed by atoms with van der Waals surface area (Å²) in [6.45, 7) is 2.45. The van der Waals surface area contributed by atoms with Gasteiger partial charge in [0.25, 0.3) is 0 Å². The second-order valence-corrected chi connectivity index (χ2v) is 6.72. The second-order valence-electron chi connectivity index (χ2n) is 5.85. The summed E-state index contributed by atoms with van der Waals surface area (Å²) in [5.41, 5.74) is 0.787. The van der Waals surface area contributed by atoms with E-state index in [1.165, 1.54) is 22.1 Å². The molecule has 1 aromatic carbocycles. The minimum absolute atomic E-state index is 0.361. The van der Waals surface area contributed by atoms with E-state index in [0.29, 0.717) is 11.6 Å². The Hall–Kier alpha value is -1.93. The molecule has 0 aliphatic rings. The zero-order chi connectivity index (χ0) is 17.0. The normalized spacial score (nSPS) is 14.0. The monoisotopic (exact) mass is 335 g/mol. The maximum absolute atomic E-state index is 11.6. The highest BCUT2D eigenvalue weighted by atomic mass is 32.2. The van der Waals surface area contributed by atoms with E-state index in [1.54, 1.807) is 6.92 Å². The first-order valence-corrected chi connectivity index (χ1v) is 8.53. The number of aromatic nitrogens is 4. The van der Waals surface area contributed by atoms with Crippen LogP contribution in [0.25, 0.3) is 11.4 Å². The van der Waals surface area contributed by atoms with E-state index in [-0.39, 0.29) is 0 Å². The molecule has 0 aliphatic heterocycles. The summed E-state index contributed by atoms with van der Waals surface area (Å²) in [5.74, 6) is -0.188. The fourth-order valence-corrected chi connectivity index (χ4v) is 2.95. The molecule has 1 atom stereocenters. The number of thioether (sulfide) groups is 1. The number of carboxylic acid groups (broad SMARTS) is 1. The Kier molecular flexibility index (Phi) is 5.38. The summed E-state index contributed by atoms with van der Waals surface area (Å²) >= 11 is 1.43.